The minimum absolute atomic E-state index is 0.315. The number of aryl methyl sites for hydroxylation is 1. The summed E-state index contributed by atoms with van der Waals surface area (Å²) >= 11 is 0. The van der Waals surface area contributed by atoms with E-state index in [2.05, 4.69) is 11.6 Å². The molecule has 2 unspecified atom stereocenters. The van der Waals surface area contributed by atoms with Gasteiger partial charge in [0, 0.05) is 6.04 Å². The fourth-order valence-corrected chi connectivity index (χ4v) is 3.51. The van der Waals surface area contributed by atoms with Crippen molar-refractivity contribution in [3.63, 3.8) is 0 Å². The number of rotatable bonds is 10. The van der Waals surface area contributed by atoms with Crippen LogP contribution in [-0.4, -0.2) is 47.1 Å². The first-order valence-corrected chi connectivity index (χ1v) is 9.82. The maximum atomic E-state index is 14.1. The molecule has 0 bridgehead atoms. The molecule has 0 fully saturated rings. The predicted molar refractivity (Wildman–Crippen MR) is 114 cm³/mol. The van der Waals surface area contributed by atoms with Crippen LogP contribution in [0, 0.1) is 12.7 Å². The van der Waals surface area contributed by atoms with Crippen molar-refractivity contribution < 1.29 is 22.7 Å². The van der Waals surface area contributed by atoms with E-state index in [1.54, 1.807) is 46.9 Å². The Morgan fingerprint density at radius 2 is 1.90 bits per heavy atom. The van der Waals surface area contributed by atoms with Crippen LogP contribution in [0.4, 0.5) is 17.6 Å². The highest BCUT2D eigenvalue weighted by atomic mass is 19.4. The molecule has 0 aliphatic heterocycles. The van der Waals surface area contributed by atoms with Gasteiger partial charge in [0.1, 0.15) is 5.82 Å². The Morgan fingerprint density at radius 3 is 2.43 bits per heavy atom. The van der Waals surface area contributed by atoms with E-state index in [0.29, 0.717) is 17.7 Å². The lowest BCUT2D eigenvalue weighted by Gasteiger charge is -2.42. The lowest BCUT2D eigenvalue weighted by Crippen LogP contribution is -2.56. The summed E-state index contributed by atoms with van der Waals surface area (Å²) in [5, 5.41) is 10.9. The monoisotopic (exact) mass is 428 g/mol. The van der Waals surface area contributed by atoms with E-state index in [0.717, 1.165) is 0 Å². The highest BCUT2D eigenvalue weighted by Crippen LogP contribution is 2.42. The van der Waals surface area contributed by atoms with Gasteiger partial charge in [-0.1, -0.05) is 26.0 Å². The first kappa shape index (κ1) is 25.9. The van der Waals surface area contributed by atoms with Crippen molar-refractivity contribution in [2.75, 3.05) is 13.1 Å². The molecule has 1 aromatic rings. The molecule has 0 aromatic heterocycles. The fraction of sp³-hybridized carbons (Fsp3) is 0.522. The third kappa shape index (κ3) is 6.69. The van der Waals surface area contributed by atoms with Gasteiger partial charge in [0.2, 0.25) is 0 Å². The van der Waals surface area contributed by atoms with Crippen molar-refractivity contribution >= 4 is 6.21 Å². The fourth-order valence-electron chi connectivity index (χ4n) is 3.51. The lowest BCUT2D eigenvalue weighted by molar-refractivity contribution is -0.270. The lowest BCUT2D eigenvalue weighted by atomic mass is 9.73. The molecule has 0 aliphatic carbocycles. The molecule has 168 valence electrons. The van der Waals surface area contributed by atoms with Gasteiger partial charge in [-0.25, -0.2) is 4.39 Å². The first-order chi connectivity index (χ1) is 13.8. The molecule has 30 heavy (non-hydrogen) atoms. The summed E-state index contributed by atoms with van der Waals surface area (Å²) in [6.45, 7) is 11.6. The second-order valence-electron chi connectivity index (χ2n) is 8.21. The van der Waals surface area contributed by atoms with Crippen LogP contribution in [0.15, 0.2) is 48.1 Å². The summed E-state index contributed by atoms with van der Waals surface area (Å²) in [4.78, 5) is 5.40. The van der Waals surface area contributed by atoms with Crippen LogP contribution >= 0.6 is 0 Å². The Hall–Kier alpha value is -2.15. The first-order valence-electron chi connectivity index (χ1n) is 9.82. The van der Waals surface area contributed by atoms with Crippen LogP contribution in [0.1, 0.15) is 45.2 Å². The van der Waals surface area contributed by atoms with Gasteiger partial charge in [0.05, 0.1) is 13.1 Å². The van der Waals surface area contributed by atoms with Crippen LogP contribution < -0.4 is 0 Å². The molecular weight excluding hydrogens is 396 g/mol. The van der Waals surface area contributed by atoms with E-state index in [1.165, 1.54) is 35.4 Å². The molecule has 0 radical (unpaired) electrons. The van der Waals surface area contributed by atoms with Crippen LogP contribution in [-0.2, 0) is 5.41 Å². The number of hydrogen-bond donors (Lipinski definition) is 1. The van der Waals surface area contributed by atoms with Gasteiger partial charge in [0.25, 0.3) is 0 Å². The maximum Gasteiger partial charge on any atom is 0.418 e. The topological polar surface area (TPSA) is 35.8 Å². The van der Waals surface area contributed by atoms with Crippen molar-refractivity contribution in [2.24, 2.45) is 4.99 Å². The third-order valence-electron chi connectivity index (χ3n) is 5.19. The average molecular weight is 429 g/mol. The minimum atomic E-state index is -4.89. The maximum absolute atomic E-state index is 14.1. The van der Waals surface area contributed by atoms with Gasteiger partial charge in [-0.15, -0.1) is 6.58 Å². The summed E-state index contributed by atoms with van der Waals surface area (Å²) in [5.41, 5.74) is -3.05. The van der Waals surface area contributed by atoms with Crippen molar-refractivity contribution in [1.29, 1.82) is 0 Å². The third-order valence-corrected chi connectivity index (χ3v) is 5.19. The van der Waals surface area contributed by atoms with Crippen LogP contribution in [0.5, 0.6) is 0 Å². The van der Waals surface area contributed by atoms with E-state index in [1.807, 2.05) is 0 Å². The molecule has 3 nitrogen and oxygen atoms in total. The summed E-state index contributed by atoms with van der Waals surface area (Å²) in [7, 11) is 0. The molecule has 1 rings (SSSR count). The molecule has 0 saturated carbocycles. The zero-order valence-corrected chi connectivity index (χ0v) is 18.3. The molecule has 0 heterocycles. The normalized spacial score (nSPS) is 16.1. The van der Waals surface area contributed by atoms with Gasteiger partial charge in [-0.3, -0.25) is 4.99 Å². The number of aliphatic hydroxyl groups is 1. The molecular formula is C23H32F4N2O. The number of alkyl halides is 3. The van der Waals surface area contributed by atoms with Gasteiger partial charge < -0.3 is 10.0 Å². The Morgan fingerprint density at radius 1 is 1.27 bits per heavy atom. The van der Waals surface area contributed by atoms with Crippen molar-refractivity contribution in [3.8, 4) is 0 Å². The van der Waals surface area contributed by atoms with Crippen LogP contribution in [0.2, 0.25) is 0 Å². The Bertz CT molecular complexity index is 771. The van der Waals surface area contributed by atoms with Crippen LogP contribution in [0.3, 0.4) is 0 Å². The average Bonchev–Trinajstić information content (AvgIpc) is 2.64. The van der Waals surface area contributed by atoms with Gasteiger partial charge >= 0.3 is 6.18 Å². The highest BCUT2D eigenvalue weighted by Gasteiger charge is 2.56. The minimum Gasteiger partial charge on any atom is -0.379 e. The number of benzene rings is 1. The second-order valence-corrected chi connectivity index (χ2v) is 8.21. The summed E-state index contributed by atoms with van der Waals surface area (Å²) in [6, 6.07) is 3.59. The summed E-state index contributed by atoms with van der Waals surface area (Å²) in [6.07, 6.45) is 0.706. The molecule has 0 saturated heterocycles. The van der Waals surface area contributed by atoms with E-state index in [9.17, 15) is 22.7 Å². The zero-order chi connectivity index (χ0) is 23.2. The van der Waals surface area contributed by atoms with E-state index in [-0.39, 0.29) is 0 Å². The molecule has 2 atom stereocenters. The summed E-state index contributed by atoms with van der Waals surface area (Å²) < 4.78 is 56.0. The smallest absolute Gasteiger partial charge is 0.379 e. The van der Waals surface area contributed by atoms with Crippen molar-refractivity contribution in [1.82, 2.24) is 4.90 Å². The van der Waals surface area contributed by atoms with E-state index >= 15 is 0 Å². The standard InChI is InChI=1S/C23H32F4N2O/c1-7-18(4)29(13-9-12-28-8-2)16-22(30,23(25,26)27)15-21(5,6)20-14-19(24)11-10-17(20)3/h7-11,13-14,18,30H,1,12,15-16H2,2-6H3/b13-9-,28-8?. The van der Waals surface area contributed by atoms with Crippen LogP contribution in [0.25, 0.3) is 0 Å². The molecule has 0 spiro atoms. The molecule has 1 aromatic carbocycles. The second kappa shape index (κ2) is 10.2. The predicted octanol–water partition coefficient (Wildman–Crippen LogP) is 5.58. The number of nitrogens with zero attached hydrogens (tertiary/aromatic N) is 2. The molecule has 0 aliphatic rings. The van der Waals surface area contributed by atoms with Gasteiger partial charge in [0.15, 0.2) is 5.60 Å². The largest absolute Gasteiger partial charge is 0.418 e. The van der Waals surface area contributed by atoms with Crippen molar-refractivity contribution in [3.05, 3.63) is 60.1 Å². The molecule has 1 N–H and O–H groups in total. The zero-order valence-electron chi connectivity index (χ0n) is 18.3. The number of halogens is 4. The highest BCUT2D eigenvalue weighted by molar-refractivity contribution is 5.53. The van der Waals surface area contributed by atoms with Gasteiger partial charge in [-0.2, -0.15) is 13.2 Å². The quantitative estimate of drug-likeness (QED) is 0.300. The Kier molecular flexibility index (Phi) is 8.84. The number of hydrogen-bond acceptors (Lipinski definition) is 3. The Labute approximate surface area is 176 Å². The van der Waals surface area contributed by atoms with Crippen molar-refractivity contribution in [2.45, 2.75) is 64.3 Å². The molecule has 7 heteroatoms. The van der Waals surface area contributed by atoms with E-state index < -0.39 is 42.0 Å². The van der Waals surface area contributed by atoms with E-state index in [4.69, 9.17) is 0 Å². The SMILES string of the molecule is C=CC(C)N(/C=C\CN=CC)CC(O)(CC(C)(C)c1cc(F)ccc1C)C(F)(F)F. The Balaban J connectivity index is 3.31. The molecule has 0 amide bonds. The van der Waals surface area contributed by atoms with Gasteiger partial charge in [-0.05, 0) is 74.4 Å². The summed E-state index contributed by atoms with van der Waals surface area (Å²) in [5.74, 6) is -0.527. The number of aliphatic imine (C=N–C) groups is 1.